The van der Waals surface area contributed by atoms with Crippen LogP contribution in [0.25, 0.3) is 0 Å². The zero-order valence-electron chi connectivity index (χ0n) is 14.8. The zero-order valence-corrected chi connectivity index (χ0v) is 18.7. The molecule has 27 heavy (non-hydrogen) atoms. The Bertz CT molecular complexity index is 1060. The maximum absolute atomic E-state index is 12.4. The molecule has 2 aromatic rings. The number of nitrogens with zero attached hydrogens (tertiary/aromatic N) is 3. The predicted molar refractivity (Wildman–Crippen MR) is 90.0 cm³/mol. The van der Waals surface area contributed by atoms with E-state index in [2.05, 4.69) is 10.2 Å². The van der Waals surface area contributed by atoms with E-state index in [0.29, 0.717) is 0 Å². The van der Waals surface area contributed by atoms with Crippen molar-refractivity contribution >= 4 is 27.4 Å². The molecule has 0 aliphatic heterocycles. The molecular weight excluding hydrogens is 403 g/mol. The summed E-state index contributed by atoms with van der Waals surface area (Å²) in [4.78, 5) is 12.1. The van der Waals surface area contributed by atoms with Crippen molar-refractivity contribution in [2.45, 2.75) is 25.3 Å². The average molecular weight is 418 g/mol. The summed E-state index contributed by atoms with van der Waals surface area (Å²) in [6.07, 6.45) is 0. The fourth-order valence-electron chi connectivity index (χ4n) is 2.28. The molecule has 2 rings (SSSR count). The Balaban J connectivity index is 0.00000364. The van der Waals surface area contributed by atoms with Crippen LogP contribution in [0.4, 0.5) is 11.4 Å². The third kappa shape index (κ3) is 5.10. The minimum atomic E-state index is -4.34. The molecule has 10 nitrogen and oxygen atoms in total. The van der Waals surface area contributed by atoms with E-state index < -0.39 is 27.5 Å². The third-order valence-electron chi connectivity index (χ3n) is 3.60. The van der Waals surface area contributed by atoms with E-state index in [1.165, 1.54) is 19.1 Å². The summed E-state index contributed by atoms with van der Waals surface area (Å²) in [6, 6.07) is 4.74. The van der Waals surface area contributed by atoms with Crippen LogP contribution >= 0.6 is 0 Å². The Morgan fingerprint density at radius 3 is 2.26 bits per heavy atom. The summed E-state index contributed by atoms with van der Waals surface area (Å²) < 4.78 is 31.8. The minimum absolute atomic E-state index is 0. The van der Waals surface area contributed by atoms with E-state index in [1.807, 2.05) is 0 Å². The second-order valence-electron chi connectivity index (χ2n) is 5.22. The Morgan fingerprint density at radius 1 is 1.26 bits per heavy atom. The fraction of sp³-hybridized carbons (Fsp3) is 0.200. The molecule has 1 aromatic carbocycles. The van der Waals surface area contributed by atoms with Gasteiger partial charge in [-0.15, -0.1) is 5.11 Å². The second kappa shape index (κ2) is 9.19. The molecule has 0 unspecified atom stereocenters. The van der Waals surface area contributed by atoms with Crippen molar-refractivity contribution in [2.75, 3.05) is 0 Å². The van der Waals surface area contributed by atoms with Gasteiger partial charge in [-0.2, -0.15) is 13.5 Å². The van der Waals surface area contributed by atoms with Gasteiger partial charge in [0, 0.05) is 6.54 Å². The quantitative estimate of drug-likeness (QED) is 0.171. The molecule has 1 aromatic heterocycles. The molecule has 3 N–H and O–H groups in total. The van der Waals surface area contributed by atoms with Crippen molar-refractivity contribution in [1.82, 2.24) is 4.57 Å². The van der Waals surface area contributed by atoms with Gasteiger partial charge in [-0.3, -0.25) is 13.9 Å². The monoisotopic (exact) mass is 418 g/mol. The van der Waals surface area contributed by atoms with Gasteiger partial charge < -0.3 is 15.6 Å². The number of azo groups is 1. The molecule has 0 bridgehead atoms. The Morgan fingerprint density at radius 2 is 1.81 bits per heavy atom. The third-order valence-corrected chi connectivity index (χ3v) is 4.47. The Hall–Kier alpha value is -1.41. The van der Waals surface area contributed by atoms with Crippen molar-refractivity contribution < 1.29 is 74.6 Å². The SMILES string of the molecule is CCn1c(O)c(C(=N)[O-])c(C)c(N=Nc2ccc(S(=O)(=O)O)cc2)c1=O.[K+]. The van der Waals surface area contributed by atoms with Crippen molar-refractivity contribution in [2.24, 2.45) is 10.2 Å². The van der Waals surface area contributed by atoms with Crippen molar-refractivity contribution in [1.29, 1.82) is 5.41 Å². The molecular formula is C15H15KN4O6S. The van der Waals surface area contributed by atoms with E-state index in [9.17, 15) is 23.4 Å². The van der Waals surface area contributed by atoms with Gasteiger partial charge in [-0.25, -0.2) is 0 Å². The first-order valence-electron chi connectivity index (χ1n) is 7.29. The first kappa shape index (κ1) is 23.6. The molecule has 0 fully saturated rings. The van der Waals surface area contributed by atoms with E-state index in [0.717, 1.165) is 16.7 Å². The normalized spacial score (nSPS) is 11.4. The first-order chi connectivity index (χ1) is 12.1. The van der Waals surface area contributed by atoms with Gasteiger partial charge in [0.1, 0.15) is 0 Å². The summed E-state index contributed by atoms with van der Waals surface area (Å²) in [5.41, 5.74) is -1.06. The fourth-order valence-corrected chi connectivity index (χ4v) is 2.76. The molecule has 0 aliphatic carbocycles. The molecule has 0 atom stereocenters. The predicted octanol–water partition coefficient (Wildman–Crippen LogP) is -1.77. The van der Waals surface area contributed by atoms with Gasteiger partial charge in [-0.1, -0.05) is 0 Å². The van der Waals surface area contributed by atoms with Gasteiger partial charge in [0.15, 0.2) is 5.69 Å². The maximum atomic E-state index is 12.4. The van der Waals surface area contributed by atoms with Gasteiger partial charge in [0.2, 0.25) is 5.88 Å². The number of hydrogen-bond donors (Lipinski definition) is 3. The van der Waals surface area contributed by atoms with Crippen LogP contribution in [0, 0.1) is 12.3 Å². The largest absolute Gasteiger partial charge is 1.00 e. The van der Waals surface area contributed by atoms with Crippen LogP contribution in [0.1, 0.15) is 18.1 Å². The number of aromatic nitrogens is 1. The number of hydrogen-bond acceptors (Lipinski definition) is 8. The number of nitrogens with one attached hydrogen (secondary N) is 1. The Labute approximate surface area is 197 Å². The average Bonchev–Trinajstić information content (AvgIpc) is 2.54. The number of pyridine rings is 1. The topological polar surface area (TPSA) is 168 Å². The number of benzene rings is 1. The zero-order chi connectivity index (χ0) is 19.6. The summed E-state index contributed by atoms with van der Waals surface area (Å²) in [7, 11) is -4.34. The van der Waals surface area contributed by atoms with E-state index in [-0.39, 0.29) is 85.3 Å². The molecule has 1 heterocycles. The van der Waals surface area contributed by atoms with Crippen LogP contribution in [0.3, 0.4) is 0 Å². The maximum Gasteiger partial charge on any atom is 1.00 e. The molecule has 0 spiro atoms. The van der Waals surface area contributed by atoms with Crippen LogP contribution in [-0.2, 0) is 16.7 Å². The van der Waals surface area contributed by atoms with Gasteiger partial charge in [0.05, 0.1) is 16.1 Å². The second-order valence-corrected chi connectivity index (χ2v) is 6.64. The summed E-state index contributed by atoms with van der Waals surface area (Å²) in [6.45, 7) is 2.99. The van der Waals surface area contributed by atoms with Crippen LogP contribution in [0.2, 0.25) is 0 Å². The molecule has 0 radical (unpaired) electrons. The molecule has 0 amide bonds. The molecule has 138 valence electrons. The minimum Gasteiger partial charge on any atom is -0.859 e. The van der Waals surface area contributed by atoms with E-state index in [1.54, 1.807) is 6.92 Å². The first-order valence-corrected chi connectivity index (χ1v) is 8.73. The van der Waals surface area contributed by atoms with E-state index in [4.69, 9.17) is 9.96 Å². The van der Waals surface area contributed by atoms with Gasteiger partial charge >= 0.3 is 51.4 Å². The Kier molecular flexibility index (Phi) is 8.04. The smallest absolute Gasteiger partial charge is 0.859 e. The number of aromatic hydroxyl groups is 1. The van der Waals surface area contributed by atoms with Crippen molar-refractivity contribution in [3.63, 3.8) is 0 Å². The molecule has 0 aliphatic rings. The van der Waals surface area contributed by atoms with Gasteiger partial charge in [-0.05, 0) is 49.6 Å². The van der Waals surface area contributed by atoms with Crippen molar-refractivity contribution in [3.8, 4) is 5.88 Å². The van der Waals surface area contributed by atoms with Crippen molar-refractivity contribution in [3.05, 3.63) is 45.7 Å². The van der Waals surface area contributed by atoms with Crippen LogP contribution < -0.4 is 62.1 Å². The summed E-state index contributed by atoms with van der Waals surface area (Å²) in [5, 5.41) is 36.3. The summed E-state index contributed by atoms with van der Waals surface area (Å²) >= 11 is 0. The van der Waals surface area contributed by atoms with Gasteiger partial charge in [0.25, 0.3) is 15.7 Å². The standard InChI is InChI=1S/C15H16N4O6S.K/c1-3-19-14(21)11(13(16)20)8(2)12(15(19)22)18-17-9-4-6-10(7-5-9)26(23,24)25;/h4-7,21H,3H2,1-2H3,(H2,16,20)(H,23,24,25);/q;+1/p-1. The molecule has 0 saturated carbocycles. The number of rotatable bonds is 5. The van der Waals surface area contributed by atoms with Crippen LogP contribution in [0.15, 0.2) is 44.2 Å². The summed E-state index contributed by atoms with van der Waals surface area (Å²) in [5.74, 6) is -1.78. The molecule has 12 heteroatoms. The van der Waals surface area contributed by atoms with Crippen LogP contribution in [0.5, 0.6) is 5.88 Å². The molecule has 0 saturated heterocycles. The van der Waals surface area contributed by atoms with E-state index >= 15 is 0 Å². The van der Waals surface area contributed by atoms with Crippen LogP contribution in [-0.4, -0.2) is 28.5 Å².